The Hall–Kier alpha value is -4.87. The third-order valence-electron chi connectivity index (χ3n) is 7.89. The molecule has 1 aliphatic rings. The second kappa shape index (κ2) is 11.3. The smallest absolute Gasteiger partial charge is 0.306 e. The molecule has 0 saturated heterocycles. The zero-order valence-electron chi connectivity index (χ0n) is 24.1. The third kappa shape index (κ3) is 4.93. The Morgan fingerprint density at radius 1 is 1.11 bits per heavy atom. The van der Waals surface area contributed by atoms with Crippen LogP contribution in [0.4, 0.5) is 17.6 Å². The topological polar surface area (TPSA) is 91.3 Å². The molecule has 0 saturated carbocycles. The van der Waals surface area contributed by atoms with E-state index >= 15 is 8.78 Å². The maximum absolute atomic E-state index is 15.2. The second-order valence-corrected chi connectivity index (χ2v) is 10.7. The zero-order chi connectivity index (χ0) is 31.2. The molecule has 0 radical (unpaired) electrons. The summed E-state index contributed by atoms with van der Waals surface area (Å²) in [6, 6.07) is 10.4. The minimum atomic E-state index is -1.52. The number of aryl methyl sites for hydroxylation is 2. The second-order valence-electron chi connectivity index (χ2n) is 10.7. The Bertz CT molecular complexity index is 1900. The molecule has 44 heavy (non-hydrogen) atoms. The van der Waals surface area contributed by atoms with E-state index in [1.54, 1.807) is 14.0 Å². The standard InChI is InChI=1S/C32H28F4N4O4/c1-4-42-23(41)11-8-17-6-5-7-21-28(17)43-15-13-32(21,2)31-38-30(40(3)39-31)20-16-18(9-10-22(20)33)44-29-24(34)19-12-14-37-27(19)25(35)26(29)36/h5-7,9-10,12,14,16,37H,4,8,11,13,15H2,1-3H3. The van der Waals surface area contributed by atoms with Crippen molar-refractivity contribution in [1.29, 1.82) is 0 Å². The van der Waals surface area contributed by atoms with Crippen LogP contribution < -0.4 is 9.47 Å². The number of ether oxygens (including phenoxy) is 3. The molecule has 0 aliphatic carbocycles. The van der Waals surface area contributed by atoms with Crippen molar-refractivity contribution in [1.82, 2.24) is 19.7 Å². The summed E-state index contributed by atoms with van der Waals surface area (Å²) in [5, 5.41) is 4.44. The van der Waals surface area contributed by atoms with Gasteiger partial charge in [-0.25, -0.2) is 22.8 Å². The Labute approximate surface area is 249 Å². The fraction of sp³-hybridized carbons (Fsp3) is 0.281. The minimum Gasteiger partial charge on any atom is -0.493 e. The summed E-state index contributed by atoms with van der Waals surface area (Å²) in [4.78, 5) is 19.1. The maximum Gasteiger partial charge on any atom is 0.306 e. The SMILES string of the molecule is CCOC(=O)CCc1cccc2c1OCCC2(C)c1nc(-c2cc(Oc3c(F)c(F)c4[nH]ccc4c3F)ccc2F)n(C)n1. The van der Waals surface area contributed by atoms with E-state index in [4.69, 9.17) is 19.2 Å². The Balaban J connectivity index is 1.34. The molecule has 5 aromatic rings. The molecule has 8 nitrogen and oxygen atoms in total. The molecule has 3 aromatic carbocycles. The van der Waals surface area contributed by atoms with Crippen LogP contribution in [-0.2, 0) is 28.4 Å². The van der Waals surface area contributed by atoms with Crippen molar-refractivity contribution in [2.45, 2.75) is 38.5 Å². The monoisotopic (exact) mass is 608 g/mol. The first kappa shape index (κ1) is 29.2. The van der Waals surface area contributed by atoms with Gasteiger partial charge in [0.1, 0.15) is 17.3 Å². The molecular weight excluding hydrogens is 580 g/mol. The first-order valence-corrected chi connectivity index (χ1v) is 14.1. The normalized spacial score (nSPS) is 16.1. The first-order valence-electron chi connectivity index (χ1n) is 14.1. The molecule has 228 valence electrons. The third-order valence-corrected chi connectivity index (χ3v) is 7.89. The van der Waals surface area contributed by atoms with Gasteiger partial charge >= 0.3 is 5.97 Å². The van der Waals surface area contributed by atoms with E-state index in [0.29, 0.717) is 37.6 Å². The molecule has 1 N–H and O–H groups in total. The predicted molar refractivity (Wildman–Crippen MR) is 153 cm³/mol. The van der Waals surface area contributed by atoms with Crippen LogP contribution in [0.1, 0.15) is 43.6 Å². The van der Waals surface area contributed by atoms with Crippen LogP contribution in [0.15, 0.2) is 48.7 Å². The lowest BCUT2D eigenvalue weighted by molar-refractivity contribution is -0.143. The zero-order valence-corrected chi connectivity index (χ0v) is 24.1. The van der Waals surface area contributed by atoms with Crippen molar-refractivity contribution in [3.63, 3.8) is 0 Å². The predicted octanol–water partition coefficient (Wildman–Crippen LogP) is 6.90. The van der Waals surface area contributed by atoms with Gasteiger partial charge in [-0.2, -0.15) is 9.49 Å². The largest absolute Gasteiger partial charge is 0.493 e. The van der Waals surface area contributed by atoms with Crippen LogP contribution in [0.3, 0.4) is 0 Å². The van der Waals surface area contributed by atoms with Crippen LogP contribution in [0.5, 0.6) is 17.2 Å². The molecule has 0 spiro atoms. The van der Waals surface area contributed by atoms with Crippen LogP contribution in [-0.4, -0.2) is 38.9 Å². The summed E-state index contributed by atoms with van der Waals surface area (Å²) in [5.41, 5.74) is 0.597. The molecule has 1 unspecified atom stereocenters. The van der Waals surface area contributed by atoms with Crippen LogP contribution in [0.2, 0.25) is 0 Å². The van der Waals surface area contributed by atoms with Gasteiger partial charge in [0.2, 0.25) is 11.6 Å². The van der Waals surface area contributed by atoms with Gasteiger partial charge in [-0.3, -0.25) is 4.79 Å². The molecule has 0 amide bonds. The van der Waals surface area contributed by atoms with Gasteiger partial charge in [0.05, 0.1) is 29.7 Å². The number of fused-ring (bicyclic) bond motifs is 2. The Morgan fingerprint density at radius 3 is 2.73 bits per heavy atom. The number of carbonyl (C=O) groups is 1. The van der Waals surface area contributed by atoms with Gasteiger partial charge in [-0.1, -0.05) is 18.2 Å². The number of nitrogens with one attached hydrogen (secondary N) is 1. The van der Waals surface area contributed by atoms with E-state index in [1.807, 2.05) is 25.1 Å². The van der Waals surface area contributed by atoms with Crippen LogP contribution in [0.25, 0.3) is 22.3 Å². The average Bonchev–Trinajstić information content (AvgIpc) is 3.66. The molecule has 0 bridgehead atoms. The number of aromatic amines is 1. The lowest BCUT2D eigenvalue weighted by Crippen LogP contribution is -2.33. The molecule has 2 aromatic heterocycles. The van der Waals surface area contributed by atoms with Gasteiger partial charge in [-0.05, 0) is 56.5 Å². The number of rotatable bonds is 8. The van der Waals surface area contributed by atoms with Crippen molar-refractivity contribution in [3.8, 4) is 28.6 Å². The first-order chi connectivity index (χ1) is 21.1. The van der Waals surface area contributed by atoms with Crippen molar-refractivity contribution < 1.29 is 36.6 Å². The highest BCUT2D eigenvalue weighted by atomic mass is 19.2. The van der Waals surface area contributed by atoms with Gasteiger partial charge < -0.3 is 19.2 Å². The van der Waals surface area contributed by atoms with Gasteiger partial charge in [0.15, 0.2) is 23.3 Å². The number of carbonyl (C=O) groups excluding carboxylic acids is 1. The summed E-state index contributed by atoms with van der Waals surface area (Å²) in [6.07, 6.45) is 2.44. The molecule has 6 rings (SSSR count). The highest BCUT2D eigenvalue weighted by Crippen LogP contribution is 2.45. The van der Waals surface area contributed by atoms with E-state index in [1.165, 1.54) is 29.1 Å². The van der Waals surface area contributed by atoms with Crippen molar-refractivity contribution in [3.05, 3.63) is 88.9 Å². The average molecular weight is 609 g/mol. The lowest BCUT2D eigenvalue weighted by Gasteiger charge is -2.34. The lowest BCUT2D eigenvalue weighted by atomic mass is 9.76. The highest BCUT2D eigenvalue weighted by Gasteiger charge is 2.40. The van der Waals surface area contributed by atoms with E-state index in [9.17, 15) is 13.6 Å². The molecule has 3 heterocycles. The molecule has 12 heteroatoms. The summed E-state index contributed by atoms with van der Waals surface area (Å²) < 4.78 is 77.5. The summed E-state index contributed by atoms with van der Waals surface area (Å²) in [7, 11) is 1.60. The van der Waals surface area contributed by atoms with E-state index < -0.39 is 34.4 Å². The number of benzene rings is 3. The van der Waals surface area contributed by atoms with E-state index in [-0.39, 0.29) is 40.4 Å². The Morgan fingerprint density at radius 2 is 1.93 bits per heavy atom. The van der Waals surface area contributed by atoms with Gasteiger partial charge in [-0.15, -0.1) is 0 Å². The number of hydrogen-bond donors (Lipinski definition) is 1. The molecular formula is C32H28F4N4O4. The number of halogens is 4. The molecule has 1 atom stereocenters. The van der Waals surface area contributed by atoms with E-state index in [0.717, 1.165) is 17.2 Å². The number of para-hydroxylation sites is 1. The van der Waals surface area contributed by atoms with Gasteiger partial charge in [0.25, 0.3) is 0 Å². The number of H-pyrrole nitrogens is 1. The molecule has 1 aliphatic heterocycles. The summed E-state index contributed by atoms with van der Waals surface area (Å²) >= 11 is 0. The number of nitrogens with zero attached hydrogens (tertiary/aromatic N) is 3. The number of aromatic nitrogens is 4. The quantitative estimate of drug-likeness (QED) is 0.117. The highest BCUT2D eigenvalue weighted by molar-refractivity contribution is 5.82. The molecule has 0 fully saturated rings. The van der Waals surface area contributed by atoms with Gasteiger partial charge in [0, 0.05) is 30.6 Å². The fourth-order valence-electron chi connectivity index (χ4n) is 5.54. The fourth-order valence-corrected chi connectivity index (χ4v) is 5.54. The Kier molecular flexibility index (Phi) is 7.52. The maximum atomic E-state index is 15.2. The minimum absolute atomic E-state index is 0.0353. The van der Waals surface area contributed by atoms with Crippen molar-refractivity contribution >= 4 is 16.9 Å². The number of esters is 1. The summed E-state index contributed by atoms with van der Waals surface area (Å²) in [6.45, 7) is 4.39. The van der Waals surface area contributed by atoms with E-state index in [2.05, 4.69) is 10.1 Å². The van der Waals surface area contributed by atoms with Crippen LogP contribution >= 0.6 is 0 Å². The van der Waals surface area contributed by atoms with Crippen LogP contribution in [0, 0.1) is 23.3 Å². The van der Waals surface area contributed by atoms with Crippen molar-refractivity contribution in [2.75, 3.05) is 13.2 Å². The summed E-state index contributed by atoms with van der Waals surface area (Å²) in [5.74, 6) is -4.76. The number of hydrogen-bond acceptors (Lipinski definition) is 6. The van der Waals surface area contributed by atoms with Crippen molar-refractivity contribution in [2.24, 2.45) is 7.05 Å².